The van der Waals surface area contributed by atoms with E-state index in [1.807, 2.05) is 12.1 Å². The van der Waals surface area contributed by atoms with Gasteiger partial charge in [-0.2, -0.15) is 0 Å². The Balaban J connectivity index is 1.37. The molecule has 29 heavy (non-hydrogen) atoms. The zero-order chi connectivity index (χ0) is 20.7. The number of carbonyl (C=O) groups excluding carboxylic acids is 2. The molecule has 1 saturated heterocycles. The minimum Gasteiger partial charge on any atom is -0.508 e. The van der Waals surface area contributed by atoms with Crippen LogP contribution < -0.4 is 10.6 Å². The number of nitrogens with one attached hydrogen (secondary N) is 2. The number of carboxylic acids is 1. The van der Waals surface area contributed by atoms with Gasteiger partial charge in [-0.25, -0.2) is 4.79 Å². The highest BCUT2D eigenvalue weighted by Crippen LogP contribution is 2.40. The van der Waals surface area contributed by atoms with E-state index in [1.165, 1.54) is 16.7 Å². The predicted octanol–water partition coefficient (Wildman–Crippen LogP) is 1.72. The number of aromatic hydroxyl groups is 1. The van der Waals surface area contributed by atoms with Crippen LogP contribution in [0.2, 0.25) is 0 Å². The zero-order valence-electron chi connectivity index (χ0n) is 15.5. The average Bonchev–Trinajstić information content (AvgIpc) is 2.69. The number of thioether (sulfide) groups is 1. The summed E-state index contributed by atoms with van der Waals surface area (Å²) in [6, 6.07) is 9.81. The quantitative estimate of drug-likeness (QED) is 0.551. The molecular formula is C20H19N3O5S. The summed E-state index contributed by atoms with van der Waals surface area (Å²) in [5, 5.41) is 26.0. The summed E-state index contributed by atoms with van der Waals surface area (Å²) in [7, 11) is 0. The van der Waals surface area contributed by atoms with Gasteiger partial charge >= 0.3 is 5.97 Å². The lowest BCUT2D eigenvalue weighted by Crippen LogP contribution is -2.70. The van der Waals surface area contributed by atoms with Gasteiger partial charge in [0.15, 0.2) is 0 Å². The van der Waals surface area contributed by atoms with Gasteiger partial charge in [-0.15, -0.1) is 11.8 Å². The van der Waals surface area contributed by atoms with Crippen LogP contribution >= 0.6 is 11.8 Å². The fraction of sp³-hybridized carbons (Fsp3) is 0.250. The van der Waals surface area contributed by atoms with Gasteiger partial charge in [0.1, 0.15) is 22.9 Å². The van der Waals surface area contributed by atoms with Gasteiger partial charge in [-0.3, -0.25) is 14.5 Å². The maximum atomic E-state index is 12.4. The van der Waals surface area contributed by atoms with Crippen LogP contribution in [0, 0.1) is 0 Å². The molecule has 2 amide bonds. The molecule has 150 valence electrons. The summed E-state index contributed by atoms with van der Waals surface area (Å²) < 4.78 is 0. The van der Waals surface area contributed by atoms with Crippen LogP contribution in [0.4, 0.5) is 5.69 Å². The van der Waals surface area contributed by atoms with Crippen molar-refractivity contribution in [1.82, 2.24) is 10.2 Å². The van der Waals surface area contributed by atoms with Gasteiger partial charge in [0.2, 0.25) is 5.91 Å². The van der Waals surface area contributed by atoms with Crippen molar-refractivity contribution in [2.45, 2.75) is 18.3 Å². The van der Waals surface area contributed by atoms with Crippen LogP contribution in [0.25, 0.3) is 10.8 Å². The highest BCUT2D eigenvalue weighted by atomic mass is 32.2. The van der Waals surface area contributed by atoms with E-state index in [4.69, 9.17) is 0 Å². The van der Waals surface area contributed by atoms with Crippen molar-refractivity contribution in [2.24, 2.45) is 0 Å². The van der Waals surface area contributed by atoms with Gasteiger partial charge in [0.25, 0.3) is 5.91 Å². The molecule has 1 fully saturated rings. The molecule has 1 unspecified atom stereocenters. The summed E-state index contributed by atoms with van der Waals surface area (Å²) >= 11 is 1.44. The van der Waals surface area contributed by atoms with Crippen LogP contribution in [-0.4, -0.2) is 56.6 Å². The average molecular weight is 413 g/mol. The molecule has 0 bridgehead atoms. The lowest BCUT2D eigenvalue weighted by Gasteiger charge is -2.49. The van der Waals surface area contributed by atoms with Gasteiger partial charge in [0, 0.05) is 11.4 Å². The van der Waals surface area contributed by atoms with E-state index in [9.17, 15) is 24.6 Å². The maximum absolute atomic E-state index is 12.4. The molecular weight excluding hydrogens is 394 g/mol. The largest absolute Gasteiger partial charge is 0.508 e. The molecule has 2 aromatic rings. The number of amides is 2. The lowest BCUT2D eigenvalue weighted by molar-refractivity contribution is -0.150. The first kappa shape index (κ1) is 19.1. The third kappa shape index (κ3) is 3.49. The summed E-state index contributed by atoms with van der Waals surface area (Å²) in [6.07, 6.45) is 0. The van der Waals surface area contributed by atoms with E-state index >= 15 is 0 Å². The van der Waals surface area contributed by atoms with Crippen molar-refractivity contribution < 1.29 is 24.6 Å². The monoisotopic (exact) mass is 413 g/mol. The Morgan fingerprint density at radius 3 is 2.69 bits per heavy atom. The summed E-state index contributed by atoms with van der Waals surface area (Å²) in [5.74, 6) is -1.19. The second kappa shape index (κ2) is 7.32. The fourth-order valence-electron chi connectivity index (χ4n) is 3.53. The fourth-order valence-corrected chi connectivity index (χ4v) is 4.82. The number of anilines is 1. The number of carbonyl (C=O) groups is 3. The molecule has 0 aromatic heterocycles. The predicted molar refractivity (Wildman–Crippen MR) is 109 cm³/mol. The van der Waals surface area contributed by atoms with Gasteiger partial charge in [0.05, 0.1) is 6.54 Å². The minimum atomic E-state index is -1.13. The van der Waals surface area contributed by atoms with E-state index in [1.54, 1.807) is 31.2 Å². The number of phenolic OH excluding ortho intramolecular Hbond substituents is 1. The number of aliphatic carboxylic acids is 1. The Hall–Kier alpha value is -3.20. The third-order valence-corrected chi connectivity index (χ3v) is 6.38. The Kier molecular flexibility index (Phi) is 4.83. The highest BCUT2D eigenvalue weighted by molar-refractivity contribution is 8.00. The SMILES string of the molecule is CC1=C(C(=O)O)N2C(=O)C(NC(=O)CNc3ccc4cc(O)ccc4c3)[C@@H]2SC1. The molecule has 2 heterocycles. The second-order valence-electron chi connectivity index (χ2n) is 6.99. The highest BCUT2D eigenvalue weighted by Gasteiger charge is 2.53. The van der Waals surface area contributed by atoms with Crippen molar-refractivity contribution in [2.75, 3.05) is 17.6 Å². The Morgan fingerprint density at radius 1 is 1.21 bits per heavy atom. The Labute approximate surface area is 170 Å². The number of hydrogen-bond donors (Lipinski definition) is 4. The van der Waals surface area contributed by atoms with Gasteiger partial charge in [-0.05, 0) is 47.5 Å². The number of rotatable bonds is 5. The molecule has 0 aliphatic carbocycles. The Morgan fingerprint density at radius 2 is 1.93 bits per heavy atom. The van der Waals surface area contributed by atoms with Crippen molar-refractivity contribution >= 4 is 46.0 Å². The van der Waals surface area contributed by atoms with Crippen molar-refractivity contribution in [3.8, 4) is 5.75 Å². The molecule has 2 aromatic carbocycles. The lowest BCUT2D eigenvalue weighted by atomic mass is 10.0. The van der Waals surface area contributed by atoms with E-state index < -0.39 is 23.3 Å². The molecule has 8 nitrogen and oxygen atoms in total. The number of nitrogens with zero attached hydrogens (tertiary/aromatic N) is 1. The summed E-state index contributed by atoms with van der Waals surface area (Å²) in [4.78, 5) is 37.4. The molecule has 9 heteroatoms. The maximum Gasteiger partial charge on any atom is 0.352 e. The number of hydrogen-bond acceptors (Lipinski definition) is 6. The van der Waals surface area contributed by atoms with Crippen LogP contribution in [0.15, 0.2) is 47.7 Å². The smallest absolute Gasteiger partial charge is 0.352 e. The summed E-state index contributed by atoms with van der Waals surface area (Å²) in [5.41, 5.74) is 1.39. The number of β-lactam (4-membered cyclic amide) rings is 1. The first-order valence-corrected chi connectivity index (χ1v) is 10.0. The molecule has 0 saturated carbocycles. The van der Waals surface area contributed by atoms with Crippen LogP contribution in [0.5, 0.6) is 5.75 Å². The van der Waals surface area contributed by atoms with E-state index in [-0.39, 0.29) is 23.9 Å². The molecule has 2 aliphatic heterocycles. The van der Waals surface area contributed by atoms with Crippen LogP contribution in [0.1, 0.15) is 6.92 Å². The number of phenols is 1. The first-order valence-electron chi connectivity index (χ1n) is 8.99. The molecule has 2 aliphatic rings. The van der Waals surface area contributed by atoms with E-state index in [0.717, 1.165) is 16.5 Å². The van der Waals surface area contributed by atoms with Crippen molar-refractivity contribution in [1.29, 1.82) is 0 Å². The van der Waals surface area contributed by atoms with Crippen molar-refractivity contribution in [3.63, 3.8) is 0 Å². The number of fused-ring (bicyclic) bond motifs is 2. The Bertz CT molecular complexity index is 1070. The molecule has 4 N–H and O–H groups in total. The third-order valence-electron chi connectivity index (χ3n) is 4.95. The van der Waals surface area contributed by atoms with Crippen LogP contribution in [-0.2, 0) is 14.4 Å². The zero-order valence-corrected chi connectivity index (χ0v) is 16.3. The molecule has 0 radical (unpaired) electrons. The van der Waals surface area contributed by atoms with Crippen LogP contribution in [0.3, 0.4) is 0 Å². The molecule has 0 spiro atoms. The van der Waals surface area contributed by atoms with E-state index in [0.29, 0.717) is 11.3 Å². The second-order valence-corrected chi connectivity index (χ2v) is 8.09. The normalized spacial score (nSPS) is 20.9. The standard InChI is InChI=1S/C20H19N3O5S/c1-10-9-29-19-16(18(26)23(19)17(10)20(27)28)22-15(25)8-21-13-4-2-12-7-14(24)5-3-11(12)6-13/h2-7,16,19,21,24H,8-9H2,1H3,(H,22,25)(H,27,28)/t16?,19-/m0/s1. The molecule has 4 rings (SSSR count). The van der Waals surface area contributed by atoms with Crippen molar-refractivity contribution in [3.05, 3.63) is 47.7 Å². The summed E-state index contributed by atoms with van der Waals surface area (Å²) in [6.45, 7) is 1.67. The molecule has 2 atom stereocenters. The topological polar surface area (TPSA) is 119 Å². The number of benzene rings is 2. The first-order chi connectivity index (χ1) is 13.8. The number of carboxylic acid groups (broad SMARTS) is 1. The van der Waals surface area contributed by atoms with E-state index in [2.05, 4.69) is 10.6 Å². The van der Waals surface area contributed by atoms with Gasteiger partial charge < -0.3 is 20.8 Å². The van der Waals surface area contributed by atoms with Gasteiger partial charge in [-0.1, -0.05) is 12.1 Å². The minimum absolute atomic E-state index is 0.0181.